The number of esters is 1. The van der Waals surface area contributed by atoms with Gasteiger partial charge < -0.3 is 15.8 Å². The third-order valence-electron chi connectivity index (χ3n) is 3.97. The molecule has 0 radical (unpaired) electrons. The van der Waals surface area contributed by atoms with Gasteiger partial charge in [-0.15, -0.1) is 0 Å². The number of carbonyl (C=O) groups excluding carboxylic acids is 2. The Morgan fingerprint density at radius 2 is 2.00 bits per heavy atom. The molecule has 0 aliphatic heterocycles. The molecule has 0 saturated heterocycles. The second kappa shape index (κ2) is 7.11. The Balaban J connectivity index is 1.81. The smallest absolute Gasteiger partial charge is 0.340 e. The van der Waals surface area contributed by atoms with Crippen LogP contribution in [0.3, 0.4) is 0 Å². The quantitative estimate of drug-likeness (QED) is 0.657. The summed E-state index contributed by atoms with van der Waals surface area (Å²) in [6, 6.07) is 6.84. The number of nitrogens with one attached hydrogen (secondary N) is 1. The van der Waals surface area contributed by atoms with Gasteiger partial charge in [0.15, 0.2) is 6.61 Å². The van der Waals surface area contributed by atoms with Crippen molar-refractivity contribution in [2.24, 2.45) is 5.92 Å². The number of nitrogen functional groups attached to an aromatic ring is 1. The Kier molecular flexibility index (Phi) is 5.20. The lowest BCUT2D eigenvalue weighted by molar-refractivity contribution is -0.125. The molecule has 1 fully saturated rings. The SMILES string of the molecule is C[C@@H]1CCCC[C@@H]1NC(=O)COC(=O)c1ccccc1N. The zero-order chi connectivity index (χ0) is 15.2. The number of anilines is 1. The highest BCUT2D eigenvalue weighted by Crippen LogP contribution is 2.23. The fraction of sp³-hybridized carbons (Fsp3) is 0.500. The van der Waals surface area contributed by atoms with Crippen LogP contribution < -0.4 is 11.1 Å². The average Bonchev–Trinajstić information content (AvgIpc) is 2.48. The number of rotatable bonds is 4. The largest absolute Gasteiger partial charge is 0.452 e. The minimum Gasteiger partial charge on any atom is -0.452 e. The molecule has 0 spiro atoms. The lowest BCUT2D eigenvalue weighted by Crippen LogP contribution is -2.42. The summed E-state index contributed by atoms with van der Waals surface area (Å²) >= 11 is 0. The first kappa shape index (κ1) is 15.4. The molecule has 21 heavy (non-hydrogen) atoms. The topological polar surface area (TPSA) is 81.4 Å². The van der Waals surface area contributed by atoms with Crippen LogP contribution in [-0.2, 0) is 9.53 Å². The number of benzene rings is 1. The summed E-state index contributed by atoms with van der Waals surface area (Å²) in [6.45, 7) is 1.87. The van der Waals surface area contributed by atoms with Crippen LogP contribution in [0.5, 0.6) is 0 Å². The molecule has 114 valence electrons. The van der Waals surface area contributed by atoms with Crippen LogP contribution in [0.2, 0.25) is 0 Å². The van der Waals surface area contributed by atoms with Crippen molar-refractivity contribution in [2.75, 3.05) is 12.3 Å². The molecule has 5 heteroatoms. The van der Waals surface area contributed by atoms with Crippen LogP contribution in [0.1, 0.15) is 43.0 Å². The van der Waals surface area contributed by atoms with Crippen LogP contribution in [0.4, 0.5) is 5.69 Å². The first-order valence-corrected chi connectivity index (χ1v) is 7.39. The fourth-order valence-corrected chi connectivity index (χ4v) is 2.67. The van der Waals surface area contributed by atoms with Gasteiger partial charge in [0.2, 0.25) is 0 Å². The molecule has 2 atom stereocenters. The number of hydrogen-bond donors (Lipinski definition) is 2. The van der Waals surface area contributed by atoms with Crippen molar-refractivity contribution in [1.82, 2.24) is 5.32 Å². The highest BCUT2D eigenvalue weighted by Gasteiger charge is 2.23. The molecule has 1 aromatic carbocycles. The molecule has 0 bridgehead atoms. The highest BCUT2D eigenvalue weighted by atomic mass is 16.5. The van der Waals surface area contributed by atoms with Crippen LogP contribution in [0, 0.1) is 5.92 Å². The highest BCUT2D eigenvalue weighted by molar-refractivity contribution is 5.96. The van der Waals surface area contributed by atoms with E-state index in [0.29, 0.717) is 11.6 Å². The maximum Gasteiger partial charge on any atom is 0.340 e. The van der Waals surface area contributed by atoms with E-state index in [-0.39, 0.29) is 24.1 Å². The average molecular weight is 290 g/mol. The maximum atomic E-state index is 11.9. The van der Waals surface area contributed by atoms with Crippen molar-refractivity contribution in [3.05, 3.63) is 29.8 Å². The molecule has 5 nitrogen and oxygen atoms in total. The number of ether oxygens (including phenoxy) is 1. The van der Waals surface area contributed by atoms with E-state index >= 15 is 0 Å². The Labute approximate surface area is 124 Å². The number of amides is 1. The summed E-state index contributed by atoms with van der Waals surface area (Å²) in [5.74, 6) is -0.347. The van der Waals surface area contributed by atoms with Gasteiger partial charge in [0.05, 0.1) is 5.56 Å². The van der Waals surface area contributed by atoms with Gasteiger partial charge in [0.25, 0.3) is 5.91 Å². The second-order valence-electron chi connectivity index (χ2n) is 5.60. The van der Waals surface area contributed by atoms with Crippen LogP contribution >= 0.6 is 0 Å². The number of para-hydroxylation sites is 1. The summed E-state index contributed by atoms with van der Waals surface area (Å²) in [5, 5.41) is 2.94. The molecular formula is C16H22N2O3. The van der Waals surface area contributed by atoms with Gasteiger partial charge in [-0.3, -0.25) is 4.79 Å². The predicted octanol–water partition coefficient (Wildman–Crippen LogP) is 2.12. The van der Waals surface area contributed by atoms with Crippen molar-refractivity contribution in [2.45, 2.75) is 38.6 Å². The summed E-state index contributed by atoms with van der Waals surface area (Å²) < 4.78 is 5.02. The zero-order valence-corrected chi connectivity index (χ0v) is 12.3. The summed E-state index contributed by atoms with van der Waals surface area (Å²) in [6.07, 6.45) is 4.48. The van der Waals surface area contributed by atoms with E-state index in [1.54, 1.807) is 24.3 Å². The van der Waals surface area contributed by atoms with E-state index < -0.39 is 5.97 Å². The molecule has 0 heterocycles. The monoisotopic (exact) mass is 290 g/mol. The van der Waals surface area contributed by atoms with Crippen LogP contribution in [0.25, 0.3) is 0 Å². The molecule has 2 rings (SSSR count). The molecule has 1 aliphatic rings. The normalized spacial score (nSPS) is 21.6. The van der Waals surface area contributed by atoms with Crippen molar-refractivity contribution in [3.63, 3.8) is 0 Å². The van der Waals surface area contributed by atoms with Gasteiger partial charge in [-0.2, -0.15) is 0 Å². The van der Waals surface area contributed by atoms with E-state index in [9.17, 15) is 9.59 Å². The standard InChI is InChI=1S/C16H22N2O3/c1-11-6-2-5-9-14(11)18-15(19)10-21-16(20)12-7-3-4-8-13(12)17/h3-4,7-8,11,14H,2,5-6,9-10,17H2,1H3,(H,18,19)/t11-,14+/m1/s1. The van der Waals surface area contributed by atoms with Gasteiger partial charge in [-0.25, -0.2) is 4.79 Å². The summed E-state index contributed by atoms with van der Waals surface area (Å²) in [5.41, 5.74) is 6.33. The Bertz CT molecular complexity index is 516. The molecule has 1 saturated carbocycles. The van der Waals surface area contributed by atoms with Crippen LogP contribution in [-0.4, -0.2) is 24.5 Å². The Hall–Kier alpha value is -2.04. The minimum absolute atomic E-state index is 0.187. The van der Waals surface area contributed by atoms with E-state index in [1.807, 2.05) is 0 Å². The van der Waals surface area contributed by atoms with Crippen molar-refractivity contribution in [1.29, 1.82) is 0 Å². The Morgan fingerprint density at radius 1 is 1.29 bits per heavy atom. The van der Waals surface area contributed by atoms with Gasteiger partial charge in [0.1, 0.15) is 0 Å². The molecule has 3 N–H and O–H groups in total. The van der Waals surface area contributed by atoms with Crippen molar-refractivity contribution in [3.8, 4) is 0 Å². The van der Waals surface area contributed by atoms with Crippen LogP contribution in [0.15, 0.2) is 24.3 Å². The van der Waals surface area contributed by atoms with E-state index in [1.165, 1.54) is 6.42 Å². The summed E-state index contributed by atoms with van der Waals surface area (Å²) in [7, 11) is 0. The third-order valence-corrected chi connectivity index (χ3v) is 3.97. The predicted molar refractivity (Wildman–Crippen MR) is 80.7 cm³/mol. The lowest BCUT2D eigenvalue weighted by atomic mass is 9.86. The van der Waals surface area contributed by atoms with Gasteiger partial charge in [-0.05, 0) is 30.9 Å². The third kappa shape index (κ3) is 4.21. The van der Waals surface area contributed by atoms with E-state index in [2.05, 4.69) is 12.2 Å². The van der Waals surface area contributed by atoms with Crippen molar-refractivity contribution >= 4 is 17.6 Å². The molecule has 1 aromatic rings. The fourth-order valence-electron chi connectivity index (χ4n) is 2.67. The lowest BCUT2D eigenvalue weighted by Gasteiger charge is -2.29. The molecule has 1 aliphatic carbocycles. The maximum absolute atomic E-state index is 11.9. The number of carbonyl (C=O) groups is 2. The van der Waals surface area contributed by atoms with E-state index in [0.717, 1.165) is 19.3 Å². The molecule has 0 unspecified atom stereocenters. The number of hydrogen-bond acceptors (Lipinski definition) is 4. The molecule has 0 aromatic heterocycles. The first-order chi connectivity index (χ1) is 10.1. The van der Waals surface area contributed by atoms with Gasteiger partial charge in [0, 0.05) is 11.7 Å². The van der Waals surface area contributed by atoms with E-state index in [4.69, 9.17) is 10.5 Å². The first-order valence-electron chi connectivity index (χ1n) is 7.39. The second-order valence-corrected chi connectivity index (χ2v) is 5.60. The number of nitrogens with two attached hydrogens (primary N) is 1. The summed E-state index contributed by atoms with van der Waals surface area (Å²) in [4.78, 5) is 23.7. The molecular weight excluding hydrogens is 268 g/mol. The minimum atomic E-state index is -0.569. The Morgan fingerprint density at radius 3 is 2.71 bits per heavy atom. The van der Waals surface area contributed by atoms with Gasteiger partial charge >= 0.3 is 5.97 Å². The van der Waals surface area contributed by atoms with Gasteiger partial charge in [-0.1, -0.05) is 31.9 Å². The van der Waals surface area contributed by atoms with Crippen molar-refractivity contribution < 1.29 is 14.3 Å². The molecule has 1 amide bonds. The zero-order valence-electron chi connectivity index (χ0n) is 12.3.